The average molecular weight is 587 g/mol. The van der Waals surface area contributed by atoms with Crippen LogP contribution in [0, 0.1) is 0 Å². The first kappa shape index (κ1) is 33.8. The second kappa shape index (κ2) is 13.4. The van der Waals surface area contributed by atoms with Crippen molar-refractivity contribution in [3.8, 4) is 0 Å². The summed E-state index contributed by atoms with van der Waals surface area (Å²) in [7, 11) is -8.06. The molecule has 200 valence electrons. The molecule has 0 saturated heterocycles. The molecule has 0 heterocycles. The van der Waals surface area contributed by atoms with Gasteiger partial charge < -0.3 is 56.0 Å². The summed E-state index contributed by atoms with van der Waals surface area (Å²) in [6, 6.07) is 0. The summed E-state index contributed by atoms with van der Waals surface area (Å²) in [6.45, 7) is 10.2. The van der Waals surface area contributed by atoms with Gasteiger partial charge in [0.15, 0.2) is 0 Å². The Morgan fingerprint density at radius 3 is 0.576 bits per heavy atom. The molecule has 2 atom stereocenters. The van der Waals surface area contributed by atoms with Crippen molar-refractivity contribution in [2.75, 3.05) is 56.9 Å². The fourth-order valence-electron chi connectivity index (χ4n) is 2.45. The standard InChI is InChI=1S/C14H42O13Si6/c1-15-28(9,16-2)23-31(12,21-7)26-33(14,25-30(11,19-5)20-6)27-32(13,22-8)24-29(10,17-3)18-4/h1-14H3. The number of hydrogen-bond acceptors (Lipinski definition) is 13. The van der Waals surface area contributed by atoms with E-state index in [0.29, 0.717) is 0 Å². The van der Waals surface area contributed by atoms with E-state index in [-0.39, 0.29) is 0 Å². The van der Waals surface area contributed by atoms with Crippen LogP contribution in [0.25, 0.3) is 0 Å². The Balaban J connectivity index is 6.29. The van der Waals surface area contributed by atoms with Crippen molar-refractivity contribution >= 4 is 52.8 Å². The van der Waals surface area contributed by atoms with Gasteiger partial charge in [0.1, 0.15) is 0 Å². The molecular weight excluding hydrogens is 545 g/mol. The minimum absolute atomic E-state index is 1.47. The molecule has 0 aromatic carbocycles. The topological polar surface area (TPSA) is 120 Å². The van der Waals surface area contributed by atoms with Gasteiger partial charge in [-0.15, -0.1) is 0 Å². The molecule has 0 bridgehead atoms. The lowest BCUT2D eigenvalue weighted by Crippen LogP contribution is -2.68. The maximum Gasteiger partial charge on any atom is 0.489 e. The lowest BCUT2D eigenvalue weighted by atomic mass is 11.8. The SMILES string of the molecule is CO[Si](C)(OC)O[Si](C)(OC)O[Si](C)(O[Si](C)(OC)OC)O[Si](C)(OC)O[Si](C)(OC)OC. The van der Waals surface area contributed by atoms with Gasteiger partial charge in [0, 0.05) is 96.2 Å². The van der Waals surface area contributed by atoms with Crippen LogP contribution in [0.3, 0.4) is 0 Å². The van der Waals surface area contributed by atoms with Crippen LogP contribution >= 0.6 is 0 Å². The van der Waals surface area contributed by atoms with E-state index in [9.17, 15) is 0 Å². The number of hydrogen-bond donors (Lipinski definition) is 0. The summed E-state index contributed by atoms with van der Waals surface area (Å²) >= 11 is 0. The monoisotopic (exact) mass is 586 g/mol. The predicted octanol–water partition coefficient (Wildman–Crippen LogP) is 1.65. The van der Waals surface area contributed by atoms with E-state index in [0.717, 1.165) is 0 Å². The van der Waals surface area contributed by atoms with Crippen LogP contribution in [0.15, 0.2) is 0 Å². The molecule has 0 aromatic heterocycles. The fraction of sp³-hybridized carbons (Fsp3) is 1.00. The van der Waals surface area contributed by atoms with Crippen LogP contribution in [-0.4, -0.2) is 110 Å². The molecule has 0 spiro atoms. The highest BCUT2D eigenvalue weighted by Crippen LogP contribution is 2.30. The first-order valence-electron chi connectivity index (χ1n) is 9.94. The summed E-state index contributed by atoms with van der Waals surface area (Å²) in [5, 5.41) is 0. The predicted molar refractivity (Wildman–Crippen MR) is 131 cm³/mol. The normalized spacial score (nSPS) is 19.1. The smallest absolute Gasteiger partial charge is 0.378 e. The first-order chi connectivity index (χ1) is 15.0. The molecule has 2 unspecified atom stereocenters. The second-order valence-electron chi connectivity index (χ2n) is 7.32. The second-order valence-corrected chi connectivity index (χ2v) is 25.0. The maximum atomic E-state index is 6.40. The van der Waals surface area contributed by atoms with Gasteiger partial charge in [0.2, 0.25) is 0 Å². The van der Waals surface area contributed by atoms with Gasteiger partial charge in [-0.25, -0.2) is 0 Å². The lowest BCUT2D eigenvalue weighted by molar-refractivity contribution is 0.0613. The van der Waals surface area contributed by atoms with Crippen LogP contribution in [0.4, 0.5) is 0 Å². The summed E-state index contributed by atoms with van der Waals surface area (Å²) in [5.41, 5.74) is 0. The Morgan fingerprint density at radius 1 is 0.242 bits per heavy atom. The molecule has 0 fully saturated rings. The molecule has 0 aliphatic carbocycles. The highest BCUT2D eigenvalue weighted by Gasteiger charge is 2.60. The van der Waals surface area contributed by atoms with E-state index >= 15 is 0 Å². The third-order valence-electron chi connectivity index (χ3n) is 4.82. The van der Waals surface area contributed by atoms with Gasteiger partial charge in [-0.05, 0) is 0 Å². The van der Waals surface area contributed by atoms with Crippen LogP contribution in [0.2, 0.25) is 39.3 Å². The van der Waals surface area contributed by atoms with Gasteiger partial charge in [-0.1, -0.05) is 0 Å². The van der Waals surface area contributed by atoms with Crippen molar-refractivity contribution in [2.24, 2.45) is 0 Å². The molecule has 0 radical (unpaired) electrons. The van der Waals surface area contributed by atoms with E-state index in [4.69, 9.17) is 56.0 Å². The van der Waals surface area contributed by atoms with Crippen molar-refractivity contribution in [3.63, 3.8) is 0 Å². The quantitative estimate of drug-likeness (QED) is 0.217. The third-order valence-corrected chi connectivity index (χ3v) is 25.6. The maximum absolute atomic E-state index is 6.40. The highest BCUT2D eigenvalue weighted by atomic mass is 28.5. The largest absolute Gasteiger partial charge is 0.489 e. The van der Waals surface area contributed by atoms with E-state index in [2.05, 4.69) is 0 Å². The lowest BCUT2D eigenvalue weighted by Gasteiger charge is -2.43. The van der Waals surface area contributed by atoms with Crippen LogP contribution in [-0.2, 0) is 56.0 Å². The van der Waals surface area contributed by atoms with Crippen molar-refractivity contribution in [1.82, 2.24) is 0 Å². The molecule has 13 nitrogen and oxygen atoms in total. The summed E-state index contributed by atoms with van der Waals surface area (Å²) in [6.07, 6.45) is 0. The van der Waals surface area contributed by atoms with Crippen LogP contribution in [0.1, 0.15) is 0 Å². The third kappa shape index (κ3) is 10.3. The van der Waals surface area contributed by atoms with Gasteiger partial charge in [-0.3, -0.25) is 0 Å². The molecule has 0 amide bonds. The minimum atomic E-state index is -3.73. The molecule has 0 aliphatic rings. The molecule has 0 aromatic rings. The molecule has 0 rings (SSSR count). The van der Waals surface area contributed by atoms with E-state index in [1.54, 1.807) is 39.3 Å². The van der Waals surface area contributed by atoms with Crippen LogP contribution in [0.5, 0.6) is 0 Å². The molecule has 0 saturated carbocycles. The molecule has 0 aliphatic heterocycles. The zero-order chi connectivity index (χ0) is 26.2. The van der Waals surface area contributed by atoms with Gasteiger partial charge in [0.25, 0.3) is 0 Å². The van der Waals surface area contributed by atoms with Gasteiger partial charge in [-0.2, -0.15) is 0 Å². The minimum Gasteiger partial charge on any atom is -0.378 e. The Hall–Kier alpha value is 0.781. The van der Waals surface area contributed by atoms with E-state index in [1.807, 2.05) is 0 Å². The first-order valence-corrected chi connectivity index (χ1v) is 23.3. The van der Waals surface area contributed by atoms with Crippen molar-refractivity contribution in [2.45, 2.75) is 39.3 Å². The molecule has 0 N–H and O–H groups in total. The zero-order valence-corrected chi connectivity index (χ0v) is 28.3. The van der Waals surface area contributed by atoms with E-state index < -0.39 is 52.8 Å². The average Bonchev–Trinajstić information content (AvgIpc) is 2.78. The Bertz CT molecular complexity index is 544. The summed E-state index contributed by atoms with van der Waals surface area (Å²) in [4.78, 5) is 0. The van der Waals surface area contributed by atoms with Crippen molar-refractivity contribution in [3.05, 3.63) is 0 Å². The highest BCUT2D eigenvalue weighted by molar-refractivity contribution is 6.87. The van der Waals surface area contributed by atoms with Gasteiger partial charge in [0.05, 0.1) is 0 Å². The van der Waals surface area contributed by atoms with Crippen molar-refractivity contribution in [1.29, 1.82) is 0 Å². The molecule has 19 heteroatoms. The fourth-order valence-corrected chi connectivity index (χ4v) is 22.5. The molecular formula is C14H42O13Si6. The van der Waals surface area contributed by atoms with E-state index in [1.165, 1.54) is 56.9 Å². The van der Waals surface area contributed by atoms with Crippen molar-refractivity contribution < 1.29 is 56.0 Å². The number of rotatable bonds is 18. The van der Waals surface area contributed by atoms with Gasteiger partial charge >= 0.3 is 52.8 Å². The summed E-state index contributed by atoms with van der Waals surface area (Å²) < 4.78 is 75.6. The summed E-state index contributed by atoms with van der Waals surface area (Å²) in [5.74, 6) is 0. The zero-order valence-electron chi connectivity index (χ0n) is 22.3. The molecule has 33 heavy (non-hydrogen) atoms. The Labute approximate surface area is 204 Å². The van der Waals surface area contributed by atoms with Crippen LogP contribution < -0.4 is 0 Å². The Morgan fingerprint density at radius 2 is 0.394 bits per heavy atom. The Kier molecular flexibility index (Phi) is 13.7.